The summed E-state index contributed by atoms with van der Waals surface area (Å²) in [5.74, 6) is 0. The molecule has 0 spiro atoms. The van der Waals surface area contributed by atoms with Crippen LogP contribution in [0.1, 0.15) is 18.4 Å². The molecule has 59 heavy (non-hydrogen) atoms. The van der Waals surface area contributed by atoms with Gasteiger partial charge in [-0.3, -0.25) is 0 Å². The lowest BCUT2D eigenvalue weighted by Crippen LogP contribution is -2.18. The maximum absolute atomic E-state index is 6.54. The number of allylic oxidation sites excluding steroid dienone is 4. The van der Waals surface area contributed by atoms with Gasteiger partial charge in [-0.1, -0.05) is 152 Å². The predicted molar refractivity (Wildman–Crippen MR) is 249 cm³/mol. The fraction of sp³-hybridized carbons (Fsp3) is 0.0364. The summed E-state index contributed by atoms with van der Waals surface area (Å²) < 4.78 is 7.71. The SMILES string of the molecule is C1=C(c2ccc3c(c2)oc2ccc4nc(-c5ccccc5)sc4c23)CCC(N(c2ccc(-c3ccccc3)cc2)c2ccc(-c3ccccc3)c(-c3ccccc3)c2)=C1. The van der Waals surface area contributed by atoms with Crippen LogP contribution in [0.25, 0.3) is 81.7 Å². The van der Waals surface area contributed by atoms with Crippen molar-refractivity contribution in [2.45, 2.75) is 12.8 Å². The van der Waals surface area contributed by atoms with Crippen molar-refractivity contribution in [2.24, 2.45) is 0 Å². The molecule has 3 nitrogen and oxygen atoms in total. The third-order valence-electron chi connectivity index (χ3n) is 11.5. The summed E-state index contributed by atoms with van der Waals surface area (Å²) in [6, 6.07) is 69.2. The molecule has 0 unspecified atom stereocenters. The van der Waals surface area contributed by atoms with Gasteiger partial charge >= 0.3 is 0 Å². The molecule has 0 aliphatic heterocycles. The van der Waals surface area contributed by atoms with E-state index in [0.717, 1.165) is 62.2 Å². The molecule has 0 radical (unpaired) electrons. The lowest BCUT2D eigenvalue weighted by Gasteiger charge is -2.31. The molecule has 2 heterocycles. The standard InChI is InChI=1S/C55H38N2OS/c1-5-13-37(14-6-1)38-21-26-44(27-22-38)57(46-30-32-47(40-15-7-2-8-16-40)49(36-46)41-17-9-3-10-18-41)45-28-23-39(24-29-45)43-25-31-48-52(35-43)58-51-34-33-50-54(53(48)51)59-55(56-50)42-19-11-4-12-20-42/h1-23,25-28,30-36H,24,29H2. The van der Waals surface area contributed by atoms with Crippen LogP contribution in [0.5, 0.6) is 0 Å². The fourth-order valence-corrected chi connectivity index (χ4v) is 9.64. The maximum Gasteiger partial charge on any atom is 0.137 e. The van der Waals surface area contributed by atoms with Gasteiger partial charge in [-0.15, -0.1) is 11.3 Å². The zero-order valence-electron chi connectivity index (χ0n) is 32.3. The Kier molecular flexibility index (Phi) is 8.83. The zero-order chi connectivity index (χ0) is 39.1. The van der Waals surface area contributed by atoms with Gasteiger partial charge in [0.05, 0.1) is 10.2 Å². The molecule has 0 atom stereocenters. The van der Waals surface area contributed by atoms with Crippen molar-refractivity contribution in [3.8, 4) is 44.0 Å². The number of thiazole rings is 1. The van der Waals surface area contributed by atoms with Crippen LogP contribution in [-0.4, -0.2) is 4.98 Å². The summed E-state index contributed by atoms with van der Waals surface area (Å²) in [6.07, 6.45) is 6.41. The Morgan fingerprint density at radius 1 is 0.458 bits per heavy atom. The number of fused-ring (bicyclic) bond motifs is 5. The van der Waals surface area contributed by atoms with Crippen molar-refractivity contribution < 1.29 is 4.42 Å². The van der Waals surface area contributed by atoms with Crippen LogP contribution < -0.4 is 4.90 Å². The molecule has 1 aliphatic rings. The number of rotatable bonds is 8. The van der Waals surface area contributed by atoms with Gasteiger partial charge in [0, 0.05) is 33.4 Å². The van der Waals surface area contributed by atoms with Gasteiger partial charge in [0.1, 0.15) is 16.2 Å². The van der Waals surface area contributed by atoms with E-state index in [1.165, 1.54) is 54.9 Å². The van der Waals surface area contributed by atoms with Crippen molar-refractivity contribution in [3.05, 3.63) is 218 Å². The molecule has 0 saturated carbocycles. The Morgan fingerprint density at radius 3 is 1.75 bits per heavy atom. The van der Waals surface area contributed by atoms with E-state index in [4.69, 9.17) is 9.40 Å². The molecule has 0 amide bonds. The third kappa shape index (κ3) is 6.54. The van der Waals surface area contributed by atoms with E-state index in [1.807, 2.05) is 6.07 Å². The number of nitrogens with zero attached hydrogens (tertiary/aromatic N) is 2. The van der Waals surface area contributed by atoms with Crippen LogP contribution in [0.3, 0.4) is 0 Å². The average Bonchev–Trinajstić information content (AvgIpc) is 3.92. The molecule has 0 saturated heterocycles. The second kappa shape index (κ2) is 14.9. The summed E-state index contributed by atoms with van der Waals surface area (Å²) in [7, 11) is 0. The first kappa shape index (κ1) is 34.9. The van der Waals surface area contributed by atoms with E-state index in [0.29, 0.717) is 0 Å². The van der Waals surface area contributed by atoms with Crippen LogP contribution in [0.15, 0.2) is 216 Å². The minimum absolute atomic E-state index is 0.884. The van der Waals surface area contributed by atoms with Crippen molar-refractivity contribution >= 4 is 60.4 Å². The highest BCUT2D eigenvalue weighted by molar-refractivity contribution is 7.22. The van der Waals surface area contributed by atoms with Crippen LogP contribution in [-0.2, 0) is 0 Å². The molecule has 280 valence electrons. The van der Waals surface area contributed by atoms with Gasteiger partial charge in [0.2, 0.25) is 0 Å². The lowest BCUT2D eigenvalue weighted by atomic mass is 9.92. The summed E-state index contributed by atoms with van der Waals surface area (Å²) in [6.45, 7) is 0. The molecule has 11 rings (SSSR count). The van der Waals surface area contributed by atoms with Gasteiger partial charge < -0.3 is 9.32 Å². The Labute approximate surface area is 347 Å². The minimum Gasteiger partial charge on any atom is -0.456 e. The summed E-state index contributed by atoms with van der Waals surface area (Å²) in [5, 5.41) is 3.30. The Bertz CT molecular complexity index is 3180. The molecule has 0 N–H and O–H groups in total. The first-order valence-electron chi connectivity index (χ1n) is 20.2. The summed E-state index contributed by atoms with van der Waals surface area (Å²) in [5.41, 5.74) is 17.2. The van der Waals surface area contributed by atoms with Crippen LogP contribution in [0, 0.1) is 0 Å². The molecule has 0 fully saturated rings. The first-order valence-corrected chi connectivity index (χ1v) is 21.0. The summed E-state index contributed by atoms with van der Waals surface area (Å²) >= 11 is 1.73. The maximum atomic E-state index is 6.54. The minimum atomic E-state index is 0.884. The monoisotopic (exact) mass is 774 g/mol. The molecule has 10 aromatic rings. The third-order valence-corrected chi connectivity index (χ3v) is 12.6. The van der Waals surface area contributed by atoms with Crippen molar-refractivity contribution in [1.82, 2.24) is 4.98 Å². The molecule has 4 heteroatoms. The normalized spacial score (nSPS) is 12.8. The smallest absolute Gasteiger partial charge is 0.137 e. The van der Waals surface area contributed by atoms with Crippen molar-refractivity contribution in [1.29, 1.82) is 0 Å². The number of hydrogen-bond donors (Lipinski definition) is 0. The zero-order valence-corrected chi connectivity index (χ0v) is 33.1. The Morgan fingerprint density at radius 2 is 1.07 bits per heavy atom. The van der Waals surface area contributed by atoms with E-state index < -0.39 is 0 Å². The van der Waals surface area contributed by atoms with Crippen molar-refractivity contribution in [3.63, 3.8) is 0 Å². The molecular formula is C55H38N2OS. The highest BCUT2D eigenvalue weighted by atomic mass is 32.1. The molecule has 8 aromatic carbocycles. The van der Waals surface area contributed by atoms with Gasteiger partial charge in [-0.25, -0.2) is 4.98 Å². The highest BCUT2D eigenvalue weighted by Crippen LogP contribution is 2.44. The van der Waals surface area contributed by atoms with E-state index in [2.05, 4.69) is 205 Å². The molecule has 0 bridgehead atoms. The molecule has 2 aromatic heterocycles. The van der Waals surface area contributed by atoms with E-state index in [-0.39, 0.29) is 0 Å². The molecule has 1 aliphatic carbocycles. The fourth-order valence-electron chi connectivity index (χ4n) is 8.51. The van der Waals surface area contributed by atoms with Gasteiger partial charge in [-0.2, -0.15) is 0 Å². The van der Waals surface area contributed by atoms with E-state index >= 15 is 0 Å². The lowest BCUT2D eigenvalue weighted by molar-refractivity contribution is 0.669. The van der Waals surface area contributed by atoms with Crippen LogP contribution in [0.2, 0.25) is 0 Å². The quantitative estimate of drug-likeness (QED) is 0.154. The number of aromatic nitrogens is 1. The van der Waals surface area contributed by atoms with Gasteiger partial charge in [0.25, 0.3) is 0 Å². The van der Waals surface area contributed by atoms with Crippen LogP contribution >= 0.6 is 11.3 Å². The predicted octanol–water partition coefficient (Wildman–Crippen LogP) is 15.8. The summed E-state index contributed by atoms with van der Waals surface area (Å²) in [4.78, 5) is 7.43. The second-order valence-corrected chi connectivity index (χ2v) is 16.0. The first-order chi connectivity index (χ1) is 29.2. The Hall–Kier alpha value is -7.27. The highest BCUT2D eigenvalue weighted by Gasteiger charge is 2.22. The Balaban J connectivity index is 0.986. The number of furan rings is 1. The van der Waals surface area contributed by atoms with Crippen molar-refractivity contribution in [2.75, 3.05) is 4.90 Å². The van der Waals surface area contributed by atoms with Gasteiger partial charge in [0.15, 0.2) is 0 Å². The number of anilines is 2. The largest absolute Gasteiger partial charge is 0.456 e. The van der Waals surface area contributed by atoms with Crippen LogP contribution in [0.4, 0.5) is 11.4 Å². The number of benzene rings is 8. The van der Waals surface area contributed by atoms with E-state index in [9.17, 15) is 0 Å². The number of hydrogen-bond acceptors (Lipinski definition) is 4. The second-order valence-electron chi connectivity index (χ2n) is 15.0. The molecular weight excluding hydrogens is 737 g/mol. The topological polar surface area (TPSA) is 29.3 Å². The van der Waals surface area contributed by atoms with Gasteiger partial charge in [-0.05, 0) is 112 Å². The average molecular weight is 775 g/mol. The van der Waals surface area contributed by atoms with E-state index in [1.54, 1.807) is 11.3 Å².